The van der Waals surface area contributed by atoms with E-state index in [4.69, 9.17) is 5.14 Å². The van der Waals surface area contributed by atoms with Crippen molar-refractivity contribution < 1.29 is 8.42 Å². The number of benzene rings is 2. The fraction of sp³-hybridized carbons (Fsp3) is 0.364. The second-order valence-corrected chi connectivity index (χ2v) is 10.2. The van der Waals surface area contributed by atoms with Crippen LogP contribution in [0.4, 0.5) is 5.69 Å². The molecule has 0 saturated carbocycles. The van der Waals surface area contributed by atoms with Crippen LogP contribution in [0, 0.1) is 5.92 Å². The highest BCUT2D eigenvalue weighted by Gasteiger charge is 2.38. The average molecular weight is 383 g/mol. The van der Waals surface area contributed by atoms with Gasteiger partial charge in [0, 0.05) is 11.6 Å². The highest BCUT2D eigenvalue weighted by molar-refractivity contribution is 7.89. The van der Waals surface area contributed by atoms with E-state index < -0.39 is 10.0 Å². The number of anilines is 1. The van der Waals surface area contributed by atoms with Crippen LogP contribution in [0.3, 0.4) is 0 Å². The molecule has 3 N–H and O–H groups in total. The molecule has 2 aliphatic rings. The fourth-order valence-corrected chi connectivity index (χ4v) is 4.82. The quantitative estimate of drug-likeness (QED) is 0.753. The molecule has 0 aromatic heterocycles. The monoisotopic (exact) mass is 382 g/mol. The third-order valence-electron chi connectivity index (χ3n) is 5.80. The number of allylic oxidation sites excluding steroid dienone is 1. The summed E-state index contributed by atoms with van der Waals surface area (Å²) < 4.78 is 23.5. The van der Waals surface area contributed by atoms with Gasteiger partial charge in [0.25, 0.3) is 0 Å². The number of rotatable bonds is 2. The first-order valence-electron chi connectivity index (χ1n) is 9.35. The van der Waals surface area contributed by atoms with Gasteiger partial charge in [0.2, 0.25) is 10.0 Å². The fourth-order valence-electron chi connectivity index (χ4n) is 4.27. The Bertz CT molecular complexity index is 1000. The Hall–Kier alpha value is -2.11. The van der Waals surface area contributed by atoms with Gasteiger partial charge >= 0.3 is 0 Å². The number of primary sulfonamides is 1. The minimum absolute atomic E-state index is 0.130. The van der Waals surface area contributed by atoms with Gasteiger partial charge in [-0.1, -0.05) is 57.2 Å². The Morgan fingerprint density at radius 3 is 2.41 bits per heavy atom. The SMILES string of the molecule is CC(C)(C)c1ccc(C2Nc3ccc(S(N)(=O)=O)cc3C3CC=CC32)cc1. The Morgan fingerprint density at radius 2 is 1.78 bits per heavy atom. The molecular weight excluding hydrogens is 356 g/mol. The summed E-state index contributed by atoms with van der Waals surface area (Å²) in [7, 11) is -3.70. The molecular formula is C22H26N2O2S. The van der Waals surface area contributed by atoms with Crippen LogP contribution in [0.2, 0.25) is 0 Å². The lowest BCUT2D eigenvalue weighted by atomic mass is 9.76. The van der Waals surface area contributed by atoms with Crippen LogP contribution < -0.4 is 10.5 Å². The number of sulfonamides is 1. The lowest BCUT2D eigenvalue weighted by Crippen LogP contribution is -2.29. The number of nitrogens with one attached hydrogen (secondary N) is 1. The van der Waals surface area contributed by atoms with Gasteiger partial charge in [0.15, 0.2) is 0 Å². The van der Waals surface area contributed by atoms with Crippen molar-refractivity contribution in [1.82, 2.24) is 0 Å². The van der Waals surface area contributed by atoms with E-state index in [1.165, 1.54) is 11.1 Å². The predicted octanol–water partition coefficient (Wildman–Crippen LogP) is 4.46. The summed E-state index contributed by atoms with van der Waals surface area (Å²) in [5, 5.41) is 8.97. The van der Waals surface area contributed by atoms with Gasteiger partial charge in [-0.05, 0) is 52.6 Å². The first-order valence-corrected chi connectivity index (χ1v) is 10.9. The van der Waals surface area contributed by atoms with Crippen LogP contribution in [0.1, 0.15) is 55.8 Å². The number of fused-ring (bicyclic) bond motifs is 3. The molecule has 2 aromatic rings. The summed E-state index contributed by atoms with van der Waals surface area (Å²) >= 11 is 0. The molecule has 0 spiro atoms. The van der Waals surface area contributed by atoms with E-state index in [2.05, 4.69) is 62.5 Å². The molecule has 27 heavy (non-hydrogen) atoms. The third kappa shape index (κ3) is 3.30. The van der Waals surface area contributed by atoms with E-state index >= 15 is 0 Å². The summed E-state index contributed by atoms with van der Waals surface area (Å²) in [4.78, 5) is 0.182. The molecule has 2 aromatic carbocycles. The number of hydrogen-bond acceptors (Lipinski definition) is 3. The summed E-state index contributed by atoms with van der Waals surface area (Å²) in [5.41, 5.74) is 4.74. The molecule has 1 aliphatic carbocycles. The lowest BCUT2D eigenvalue weighted by Gasteiger charge is -2.37. The maximum atomic E-state index is 11.8. The van der Waals surface area contributed by atoms with E-state index in [1.807, 2.05) is 6.07 Å². The molecule has 0 radical (unpaired) electrons. The Morgan fingerprint density at radius 1 is 1.07 bits per heavy atom. The van der Waals surface area contributed by atoms with E-state index in [1.54, 1.807) is 12.1 Å². The summed E-state index contributed by atoms with van der Waals surface area (Å²) in [5.74, 6) is 0.573. The van der Waals surface area contributed by atoms with Crippen molar-refractivity contribution in [3.05, 3.63) is 71.3 Å². The molecule has 0 amide bonds. The molecule has 142 valence electrons. The zero-order valence-electron chi connectivity index (χ0n) is 15.9. The third-order valence-corrected chi connectivity index (χ3v) is 6.71. The molecule has 4 rings (SSSR count). The van der Waals surface area contributed by atoms with Crippen molar-refractivity contribution in [3.8, 4) is 0 Å². The molecule has 0 bridgehead atoms. The zero-order valence-corrected chi connectivity index (χ0v) is 16.8. The van der Waals surface area contributed by atoms with Gasteiger partial charge in [-0.3, -0.25) is 0 Å². The highest BCUT2D eigenvalue weighted by atomic mass is 32.2. The van der Waals surface area contributed by atoms with Gasteiger partial charge in [0.05, 0.1) is 10.9 Å². The van der Waals surface area contributed by atoms with E-state index in [0.29, 0.717) is 5.92 Å². The molecule has 5 heteroatoms. The second-order valence-electron chi connectivity index (χ2n) is 8.64. The topological polar surface area (TPSA) is 72.2 Å². The maximum absolute atomic E-state index is 11.8. The van der Waals surface area contributed by atoms with Crippen molar-refractivity contribution in [1.29, 1.82) is 0 Å². The van der Waals surface area contributed by atoms with Crippen LogP contribution in [-0.2, 0) is 15.4 Å². The normalized spacial score (nSPS) is 24.2. The van der Waals surface area contributed by atoms with Crippen LogP contribution in [-0.4, -0.2) is 8.42 Å². The van der Waals surface area contributed by atoms with Crippen LogP contribution in [0.15, 0.2) is 59.5 Å². The summed E-state index contributed by atoms with van der Waals surface area (Å²) in [6.07, 6.45) is 5.38. The summed E-state index contributed by atoms with van der Waals surface area (Å²) in [6.45, 7) is 6.65. The van der Waals surface area contributed by atoms with Crippen molar-refractivity contribution in [2.45, 2.75) is 49.5 Å². The van der Waals surface area contributed by atoms with Gasteiger partial charge < -0.3 is 5.32 Å². The lowest BCUT2D eigenvalue weighted by molar-refractivity contribution is 0.456. The van der Waals surface area contributed by atoms with Crippen LogP contribution in [0.25, 0.3) is 0 Å². The maximum Gasteiger partial charge on any atom is 0.238 e. The first kappa shape index (κ1) is 18.3. The van der Waals surface area contributed by atoms with Crippen LogP contribution in [0.5, 0.6) is 0 Å². The zero-order chi connectivity index (χ0) is 19.4. The van der Waals surface area contributed by atoms with Crippen molar-refractivity contribution in [2.24, 2.45) is 11.1 Å². The van der Waals surface area contributed by atoms with Gasteiger partial charge in [-0.2, -0.15) is 0 Å². The molecule has 3 atom stereocenters. The molecule has 3 unspecified atom stereocenters. The Labute approximate surface area is 161 Å². The molecule has 1 heterocycles. The minimum Gasteiger partial charge on any atom is -0.377 e. The van der Waals surface area contributed by atoms with Crippen molar-refractivity contribution >= 4 is 15.7 Å². The van der Waals surface area contributed by atoms with Gasteiger partial charge in [-0.25, -0.2) is 13.6 Å². The standard InChI is InChI=1S/C22H26N2O2S/c1-22(2,3)15-9-7-14(8-10-15)21-18-6-4-5-17(18)19-13-16(27(23,25)26)11-12-20(19)24-21/h4,6-13,17-18,21,24H,5H2,1-3H3,(H2,23,25,26). The average Bonchev–Trinajstić information content (AvgIpc) is 3.09. The van der Waals surface area contributed by atoms with Gasteiger partial charge in [0.1, 0.15) is 0 Å². The number of hydrogen-bond donors (Lipinski definition) is 2. The van der Waals surface area contributed by atoms with E-state index in [0.717, 1.165) is 17.7 Å². The van der Waals surface area contributed by atoms with Crippen molar-refractivity contribution in [3.63, 3.8) is 0 Å². The summed E-state index contributed by atoms with van der Waals surface area (Å²) in [6, 6.07) is 14.2. The molecule has 0 saturated heterocycles. The van der Waals surface area contributed by atoms with Crippen molar-refractivity contribution in [2.75, 3.05) is 5.32 Å². The van der Waals surface area contributed by atoms with Gasteiger partial charge in [-0.15, -0.1) is 0 Å². The minimum atomic E-state index is -3.70. The van der Waals surface area contributed by atoms with Crippen LogP contribution >= 0.6 is 0 Å². The molecule has 4 nitrogen and oxygen atoms in total. The second kappa shape index (κ2) is 6.21. The highest BCUT2D eigenvalue weighted by Crippen LogP contribution is 2.50. The Balaban J connectivity index is 1.72. The molecule has 0 fully saturated rings. The number of nitrogens with two attached hydrogens (primary N) is 1. The predicted molar refractivity (Wildman–Crippen MR) is 109 cm³/mol. The Kier molecular flexibility index (Phi) is 4.20. The molecule has 1 aliphatic heterocycles. The first-order chi connectivity index (χ1) is 12.6. The smallest absolute Gasteiger partial charge is 0.238 e. The van der Waals surface area contributed by atoms with E-state index in [-0.39, 0.29) is 22.3 Å². The van der Waals surface area contributed by atoms with E-state index in [9.17, 15) is 8.42 Å². The largest absolute Gasteiger partial charge is 0.377 e.